The van der Waals surface area contributed by atoms with E-state index in [0.29, 0.717) is 25.9 Å². The molecular weight excluding hydrogens is 447 g/mol. The number of hydrogen-bond acceptors (Lipinski definition) is 6. The van der Waals surface area contributed by atoms with E-state index in [1.165, 1.54) is 29.1 Å². The third kappa shape index (κ3) is 6.02. The highest BCUT2D eigenvalue weighted by Crippen LogP contribution is 2.26. The molecule has 0 bridgehead atoms. The molecule has 1 aromatic heterocycles. The molecule has 2 aromatic rings. The molecule has 4 rings (SSSR count). The van der Waals surface area contributed by atoms with Gasteiger partial charge < -0.3 is 9.80 Å². The quantitative estimate of drug-likeness (QED) is 0.709. The van der Waals surface area contributed by atoms with Crippen molar-refractivity contribution in [2.45, 2.75) is 32.5 Å². The predicted molar refractivity (Wildman–Crippen MR) is 126 cm³/mol. The molecule has 2 saturated heterocycles. The maximum absolute atomic E-state index is 13.5. The van der Waals surface area contributed by atoms with Gasteiger partial charge in [0.2, 0.25) is 10.0 Å². The van der Waals surface area contributed by atoms with Gasteiger partial charge in [-0.15, -0.1) is 5.10 Å². The van der Waals surface area contributed by atoms with Crippen molar-refractivity contribution < 1.29 is 17.6 Å². The zero-order chi connectivity index (χ0) is 23.6. The number of alkyl halides is 1. The molecule has 2 aliphatic rings. The number of hydrogen-bond donors (Lipinski definition) is 1. The predicted octanol–water partition coefficient (Wildman–Crippen LogP) is 2.29. The van der Waals surface area contributed by atoms with Gasteiger partial charge in [-0.2, -0.15) is 4.68 Å². The van der Waals surface area contributed by atoms with Crippen molar-refractivity contribution in [1.82, 2.24) is 19.6 Å². The Balaban J connectivity index is 1.32. The second-order valence-corrected chi connectivity index (χ2v) is 10.6. The van der Waals surface area contributed by atoms with Crippen molar-refractivity contribution in [3.63, 3.8) is 0 Å². The van der Waals surface area contributed by atoms with Gasteiger partial charge >= 0.3 is 6.03 Å². The van der Waals surface area contributed by atoms with Gasteiger partial charge in [-0.05, 0) is 37.0 Å². The lowest BCUT2D eigenvalue weighted by molar-refractivity contribution is 0.134. The summed E-state index contributed by atoms with van der Waals surface area (Å²) >= 11 is 0. The Labute approximate surface area is 194 Å². The van der Waals surface area contributed by atoms with Crippen LogP contribution in [0.5, 0.6) is 0 Å². The number of benzene rings is 1. The first kappa shape index (κ1) is 23.5. The highest BCUT2D eigenvalue weighted by Gasteiger charge is 2.24. The minimum Gasteiger partial charge on any atom is -0.371 e. The maximum atomic E-state index is 13.5. The third-order valence-corrected chi connectivity index (χ3v) is 6.74. The molecule has 1 N–H and O–H groups in total. The van der Waals surface area contributed by atoms with Crippen LogP contribution in [0.15, 0.2) is 30.5 Å². The number of carbonyl (C=O) groups is 1. The van der Waals surface area contributed by atoms with Crippen LogP contribution in [0.3, 0.4) is 0 Å². The van der Waals surface area contributed by atoms with Gasteiger partial charge in [-0.1, -0.05) is 12.1 Å². The van der Waals surface area contributed by atoms with Gasteiger partial charge in [0.15, 0.2) is 5.82 Å². The molecule has 33 heavy (non-hydrogen) atoms. The fourth-order valence-corrected chi connectivity index (χ4v) is 4.85. The van der Waals surface area contributed by atoms with Crippen molar-refractivity contribution in [2.75, 3.05) is 55.1 Å². The second-order valence-electron chi connectivity index (χ2n) is 8.85. The fraction of sp³-hybridized carbons (Fsp3) is 0.545. The molecule has 0 aliphatic carbocycles. The number of amides is 1. The molecule has 9 nitrogen and oxygen atoms in total. The average Bonchev–Trinajstić information content (AvgIpc) is 3.22. The van der Waals surface area contributed by atoms with Crippen LogP contribution in [0, 0.1) is 6.92 Å². The highest BCUT2D eigenvalue weighted by atomic mass is 32.2. The zero-order valence-electron chi connectivity index (χ0n) is 19.1. The Bertz CT molecular complexity index is 1090. The summed E-state index contributed by atoms with van der Waals surface area (Å²) in [5.74, 6) is 0.121. The van der Waals surface area contributed by atoms with Gasteiger partial charge in [-0.3, -0.25) is 9.62 Å². The average molecular weight is 479 g/mol. The Morgan fingerprint density at radius 3 is 2.48 bits per heavy atom. The molecule has 2 fully saturated rings. The molecule has 0 unspecified atom stereocenters. The number of carbonyl (C=O) groups excluding carboxylic acids is 1. The Morgan fingerprint density at radius 2 is 1.82 bits per heavy atom. The molecular formula is C22H31FN6O3S. The number of rotatable bonds is 5. The van der Waals surface area contributed by atoms with E-state index in [1.807, 2.05) is 0 Å². The molecule has 1 amide bonds. The lowest BCUT2D eigenvalue weighted by Gasteiger charge is -2.35. The van der Waals surface area contributed by atoms with Gasteiger partial charge in [0, 0.05) is 63.8 Å². The summed E-state index contributed by atoms with van der Waals surface area (Å²) in [6.07, 6.45) is 2.98. The first-order valence-corrected chi connectivity index (χ1v) is 13.1. The number of sulfonamides is 1. The summed E-state index contributed by atoms with van der Waals surface area (Å²) in [5.41, 5.74) is 3.60. The van der Waals surface area contributed by atoms with E-state index in [4.69, 9.17) is 0 Å². The van der Waals surface area contributed by atoms with Gasteiger partial charge in [-0.25, -0.2) is 17.6 Å². The normalized spacial score (nSPS) is 18.5. The largest absolute Gasteiger partial charge is 0.371 e. The maximum Gasteiger partial charge on any atom is 0.344 e. The molecule has 2 aliphatic heterocycles. The molecule has 3 heterocycles. The van der Waals surface area contributed by atoms with Gasteiger partial charge in [0.25, 0.3) is 0 Å². The van der Waals surface area contributed by atoms with E-state index >= 15 is 0 Å². The summed E-state index contributed by atoms with van der Waals surface area (Å²) in [6, 6.07) is 7.67. The van der Waals surface area contributed by atoms with Crippen molar-refractivity contribution in [2.24, 2.45) is 0 Å². The Kier molecular flexibility index (Phi) is 6.89. The Hall–Kier alpha value is -2.66. The second kappa shape index (κ2) is 9.68. The van der Waals surface area contributed by atoms with E-state index < -0.39 is 16.2 Å². The van der Waals surface area contributed by atoms with Crippen molar-refractivity contribution in [3.05, 3.63) is 41.6 Å². The minimum atomic E-state index is -3.44. The minimum absolute atomic E-state index is 0.121. The van der Waals surface area contributed by atoms with Crippen LogP contribution in [0.1, 0.15) is 24.0 Å². The summed E-state index contributed by atoms with van der Waals surface area (Å²) in [7, 11) is -3.44. The lowest BCUT2D eigenvalue weighted by Crippen LogP contribution is -2.49. The van der Waals surface area contributed by atoms with Gasteiger partial charge in [0.1, 0.15) is 6.17 Å². The van der Waals surface area contributed by atoms with E-state index in [1.54, 1.807) is 4.90 Å². The van der Waals surface area contributed by atoms with E-state index in [-0.39, 0.29) is 11.8 Å². The van der Waals surface area contributed by atoms with Crippen LogP contribution in [0.4, 0.5) is 20.7 Å². The molecule has 0 radical (unpaired) electrons. The zero-order valence-corrected chi connectivity index (χ0v) is 19.9. The standard InChI is InChI=1S/C22H31FN6O3S/c1-17-3-4-18(15-20(17)27-8-5-19(23)6-9-27)16-26-11-13-28(14-12-26)22(30)29-10-7-21(24-29)25-33(2,31)32/h3-4,7,10,15,19H,5-6,8-9,11-14,16H2,1-2H3,(H,24,25). The number of halogens is 1. The number of piperazine rings is 1. The first-order valence-electron chi connectivity index (χ1n) is 11.2. The number of anilines is 2. The SMILES string of the molecule is Cc1ccc(CN2CCN(C(=O)n3ccc(NS(C)(=O)=O)n3)CC2)cc1N1CCC(F)CC1. The monoisotopic (exact) mass is 478 g/mol. The molecule has 0 atom stereocenters. The van der Waals surface area contributed by atoms with E-state index in [0.717, 1.165) is 43.7 Å². The van der Waals surface area contributed by atoms with Gasteiger partial charge in [0.05, 0.1) is 6.26 Å². The number of nitrogens with one attached hydrogen (secondary N) is 1. The first-order chi connectivity index (χ1) is 15.7. The molecule has 180 valence electrons. The molecule has 11 heteroatoms. The van der Waals surface area contributed by atoms with Crippen molar-refractivity contribution in [3.8, 4) is 0 Å². The third-order valence-electron chi connectivity index (χ3n) is 6.16. The molecule has 0 spiro atoms. The summed E-state index contributed by atoms with van der Waals surface area (Å²) < 4.78 is 39.6. The summed E-state index contributed by atoms with van der Waals surface area (Å²) in [5, 5.41) is 4.02. The van der Waals surface area contributed by atoms with Crippen LogP contribution in [0.25, 0.3) is 0 Å². The van der Waals surface area contributed by atoms with E-state index in [2.05, 4.69) is 44.7 Å². The van der Waals surface area contributed by atoms with Crippen LogP contribution in [-0.4, -0.2) is 85.7 Å². The van der Waals surface area contributed by atoms with Crippen LogP contribution in [0.2, 0.25) is 0 Å². The number of aryl methyl sites for hydroxylation is 1. The highest BCUT2D eigenvalue weighted by molar-refractivity contribution is 7.92. The molecule has 0 saturated carbocycles. The van der Waals surface area contributed by atoms with Crippen LogP contribution < -0.4 is 9.62 Å². The molecule has 1 aromatic carbocycles. The summed E-state index contributed by atoms with van der Waals surface area (Å²) in [4.78, 5) is 19.0. The van der Waals surface area contributed by atoms with Crippen LogP contribution in [-0.2, 0) is 16.6 Å². The summed E-state index contributed by atoms with van der Waals surface area (Å²) in [6.45, 7) is 6.99. The number of piperidine rings is 1. The Morgan fingerprint density at radius 1 is 1.12 bits per heavy atom. The topological polar surface area (TPSA) is 90.8 Å². The van der Waals surface area contributed by atoms with E-state index in [9.17, 15) is 17.6 Å². The number of aromatic nitrogens is 2. The lowest BCUT2D eigenvalue weighted by atomic mass is 10.0. The smallest absolute Gasteiger partial charge is 0.344 e. The van der Waals surface area contributed by atoms with Crippen LogP contribution >= 0.6 is 0 Å². The number of nitrogens with zero attached hydrogens (tertiary/aromatic N) is 5. The van der Waals surface area contributed by atoms with Crippen molar-refractivity contribution in [1.29, 1.82) is 0 Å². The fourth-order valence-electron chi connectivity index (χ4n) is 4.36. The van der Waals surface area contributed by atoms with Crippen molar-refractivity contribution >= 4 is 27.6 Å².